The molecule has 0 unspecified atom stereocenters. The zero-order chi connectivity index (χ0) is 16.4. The number of halogens is 2. The molecule has 1 amide bonds. The summed E-state index contributed by atoms with van der Waals surface area (Å²) in [5.74, 6) is -0.651. The van der Waals surface area contributed by atoms with Crippen LogP contribution in [0.1, 0.15) is 15.9 Å². The zero-order valence-electron chi connectivity index (χ0n) is 12.5. The molecule has 1 aromatic heterocycles. The van der Waals surface area contributed by atoms with Crippen molar-refractivity contribution in [3.05, 3.63) is 76.7 Å². The second-order valence-corrected chi connectivity index (χ2v) is 5.65. The Balaban J connectivity index is 1.93. The minimum atomic E-state index is -0.423. The van der Waals surface area contributed by atoms with E-state index in [0.717, 1.165) is 5.39 Å². The molecule has 116 valence electrons. The zero-order valence-corrected chi connectivity index (χ0v) is 13.2. The molecular formula is C18H14ClFN2O. The summed E-state index contributed by atoms with van der Waals surface area (Å²) < 4.78 is 13.9. The van der Waals surface area contributed by atoms with Crippen molar-refractivity contribution in [3.63, 3.8) is 0 Å². The monoisotopic (exact) mass is 328 g/mol. The van der Waals surface area contributed by atoms with Crippen molar-refractivity contribution < 1.29 is 9.18 Å². The van der Waals surface area contributed by atoms with Crippen LogP contribution in [0.4, 0.5) is 4.39 Å². The van der Waals surface area contributed by atoms with Crippen LogP contribution in [0.2, 0.25) is 5.02 Å². The molecule has 3 rings (SSSR count). The molecule has 0 fully saturated rings. The third-order valence-corrected chi connectivity index (χ3v) is 4.02. The van der Waals surface area contributed by atoms with Gasteiger partial charge in [0.15, 0.2) is 0 Å². The number of para-hydroxylation sites is 1. The van der Waals surface area contributed by atoms with Crippen LogP contribution in [-0.4, -0.2) is 22.8 Å². The fourth-order valence-electron chi connectivity index (χ4n) is 2.47. The van der Waals surface area contributed by atoms with E-state index < -0.39 is 5.82 Å². The van der Waals surface area contributed by atoms with Crippen molar-refractivity contribution in [3.8, 4) is 0 Å². The van der Waals surface area contributed by atoms with Crippen LogP contribution in [0.5, 0.6) is 0 Å². The van der Waals surface area contributed by atoms with Gasteiger partial charge in [-0.3, -0.25) is 9.78 Å². The highest BCUT2D eigenvalue weighted by Gasteiger charge is 2.18. The first kappa shape index (κ1) is 15.4. The largest absolute Gasteiger partial charge is 0.337 e. The van der Waals surface area contributed by atoms with Gasteiger partial charge in [0.05, 0.1) is 11.1 Å². The molecule has 0 spiro atoms. The van der Waals surface area contributed by atoms with Crippen molar-refractivity contribution >= 4 is 28.4 Å². The minimum Gasteiger partial charge on any atom is -0.337 e. The first-order chi connectivity index (χ1) is 11.1. The second-order valence-electron chi connectivity index (χ2n) is 5.24. The van der Waals surface area contributed by atoms with Gasteiger partial charge in [0.25, 0.3) is 5.91 Å². The Bertz CT molecular complexity index is 856. The molecule has 0 aliphatic rings. The summed E-state index contributed by atoms with van der Waals surface area (Å²) in [6.45, 7) is 0.0908. The van der Waals surface area contributed by atoms with E-state index in [2.05, 4.69) is 4.98 Å². The number of nitrogens with zero attached hydrogens (tertiary/aromatic N) is 2. The molecular weight excluding hydrogens is 315 g/mol. The molecule has 0 N–H and O–H groups in total. The molecule has 1 heterocycles. The average molecular weight is 329 g/mol. The normalized spacial score (nSPS) is 10.7. The number of pyridine rings is 1. The number of fused-ring (bicyclic) bond motifs is 1. The van der Waals surface area contributed by atoms with E-state index in [4.69, 9.17) is 11.6 Å². The Kier molecular flexibility index (Phi) is 4.26. The van der Waals surface area contributed by atoms with Gasteiger partial charge in [-0.05, 0) is 24.3 Å². The highest BCUT2D eigenvalue weighted by Crippen LogP contribution is 2.22. The maximum absolute atomic E-state index is 13.9. The van der Waals surface area contributed by atoms with Crippen LogP contribution in [0.15, 0.2) is 54.7 Å². The van der Waals surface area contributed by atoms with E-state index in [1.807, 2.05) is 18.2 Å². The molecule has 0 bridgehead atoms. The highest BCUT2D eigenvalue weighted by molar-refractivity contribution is 6.31. The second kappa shape index (κ2) is 6.34. The number of hydrogen-bond acceptors (Lipinski definition) is 2. The lowest BCUT2D eigenvalue weighted by atomic mass is 10.1. The van der Waals surface area contributed by atoms with Gasteiger partial charge in [0, 0.05) is 35.8 Å². The Morgan fingerprint density at radius 2 is 1.91 bits per heavy atom. The van der Waals surface area contributed by atoms with Crippen LogP contribution < -0.4 is 0 Å². The number of rotatable bonds is 3. The van der Waals surface area contributed by atoms with E-state index in [1.165, 1.54) is 17.0 Å². The summed E-state index contributed by atoms with van der Waals surface area (Å²) >= 11 is 6.03. The van der Waals surface area contributed by atoms with Crippen molar-refractivity contribution in [1.29, 1.82) is 0 Å². The maximum Gasteiger partial charge on any atom is 0.256 e. The topological polar surface area (TPSA) is 33.2 Å². The lowest BCUT2D eigenvalue weighted by molar-refractivity contribution is 0.0785. The van der Waals surface area contributed by atoms with E-state index in [9.17, 15) is 9.18 Å². The Morgan fingerprint density at radius 3 is 2.70 bits per heavy atom. The van der Waals surface area contributed by atoms with Gasteiger partial charge in [-0.1, -0.05) is 35.9 Å². The number of benzene rings is 2. The molecule has 3 nitrogen and oxygen atoms in total. The van der Waals surface area contributed by atoms with Gasteiger partial charge in [-0.2, -0.15) is 0 Å². The molecule has 2 aromatic carbocycles. The first-order valence-electron chi connectivity index (χ1n) is 7.10. The summed E-state index contributed by atoms with van der Waals surface area (Å²) in [7, 11) is 1.62. The van der Waals surface area contributed by atoms with Crippen LogP contribution >= 0.6 is 11.6 Å². The molecule has 0 aliphatic carbocycles. The number of amides is 1. The van der Waals surface area contributed by atoms with Crippen LogP contribution in [0.25, 0.3) is 10.9 Å². The van der Waals surface area contributed by atoms with Crippen molar-refractivity contribution in [2.45, 2.75) is 6.54 Å². The fraction of sp³-hybridized carbons (Fsp3) is 0.111. The van der Waals surface area contributed by atoms with Gasteiger partial charge >= 0.3 is 0 Å². The van der Waals surface area contributed by atoms with E-state index in [-0.39, 0.29) is 12.5 Å². The quantitative estimate of drug-likeness (QED) is 0.718. The Morgan fingerprint density at radius 1 is 1.17 bits per heavy atom. The van der Waals surface area contributed by atoms with Gasteiger partial charge in [0.2, 0.25) is 0 Å². The molecule has 0 radical (unpaired) electrons. The third-order valence-electron chi connectivity index (χ3n) is 3.67. The van der Waals surface area contributed by atoms with E-state index in [1.54, 1.807) is 31.4 Å². The SMILES string of the molecule is CN(Cc1c(F)cccc1Cl)C(=O)c1cccc2cccnc12. The smallest absolute Gasteiger partial charge is 0.256 e. The molecule has 0 atom stereocenters. The molecule has 5 heteroatoms. The maximum atomic E-state index is 13.9. The molecule has 23 heavy (non-hydrogen) atoms. The van der Waals surface area contributed by atoms with Gasteiger partial charge in [0.1, 0.15) is 5.82 Å². The summed E-state index contributed by atoms with van der Waals surface area (Å²) in [6.07, 6.45) is 1.65. The predicted molar refractivity (Wildman–Crippen MR) is 89.0 cm³/mol. The number of hydrogen-bond donors (Lipinski definition) is 0. The van der Waals surface area contributed by atoms with Gasteiger partial charge in [-0.15, -0.1) is 0 Å². The van der Waals surface area contributed by atoms with Crippen LogP contribution in [0, 0.1) is 5.82 Å². The van der Waals surface area contributed by atoms with E-state index >= 15 is 0 Å². The lowest BCUT2D eigenvalue weighted by Crippen LogP contribution is -2.27. The Hall–Kier alpha value is -2.46. The number of carbonyl (C=O) groups is 1. The van der Waals surface area contributed by atoms with Gasteiger partial charge in [-0.25, -0.2) is 4.39 Å². The van der Waals surface area contributed by atoms with E-state index in [0.29, 0.717) is 21.7 Å². The fourth-order valence-corrected chi connectivity index (χ4v) is 2.70. The summed E-state index contributed by atoms with van der Waals surface area (Å²) in [4.78, 5) is 18.4. The van der Waals surface area contributed by atoms with Crippen LogP contribution in [-0.2, 0) is 6.54 Å². The van der Waals surface area contributed by atoms with Crippen molar-refractivity contribution in [2.75, 3.05) is 7.05 Å². The predicted octanol–water partition coefficient (Wildman–Crippen LogP) is 4.30. The molecule has 0 saturated carbocycles. The van der Waals surface area contributed by atoms with Crippen molar-refractivity contribution in [1.82, 2.24) is 9.88 Å². The lowest BCUT2D eigenvalue weighted by Gasteiger charge is -2.19. The third kappa shape index (κ3) is 3.03. The number of carbonyl (C=O) groups excluding carboxylic acids is 1. The first-order valence-corrected chi connectivity index (χ1v) is 7.48. The van der Waals surface area contributed by atoms with Gasteiger partial charge < -0.3 is 4.90 Å². The van der Waals surface area contributed by atoms with Crippen molar-refractivity contribution in [2.24, 2.45) is 0 Å². The average Bonchev–Trinajstić information content (AvgIpc) is 2.57. The summed E-state index contributed by atoms with van der Waals surface area (Å²) in [6, 6.07) is 13.6. The Labute approximate surface area is 138 Å². The summed E-state index contributed by atoms with van der Waals surface area (Å²) in [5.41, 5.74) is 1.42. The molecule has 3 aromatic rings. The number of aromatic nitrogens is 1. The molecule has 0 saturated heterocycles. The minimum absolute atomic E-state index is 0.0908. The summed E-state index contributed by atoms with van der Waals surface area (Å²) in [5, 5.41) is 1.19. The highest BCUT2D eigenvalue weighted by atomic mass is 35.5. The van der Waals surface area contributed by atoms with Crippen LogP contribution in [0.3, 0.4) is 0 Å². The molecule has 0 aliphatic heterocycles. The standard InChI is InChI=1S/C18H14ClFN2O/c1-22(11-14-15(19)8-3-9-16(14)20)18(23)13-7-2-5-12-6-4-10-21-17(12)13/h2-10H,11H2,1H3.